The zero-order chi connectivity index (χ0) is 25.8. The van der Waals surface area contributed by atoms with E-state index in [1.54, 1.807) is 38.4 Å². The van der Waals surface area contributed by atoms with Crippen LogP contribution >= 0.6 is 11.6 Å². The molecule has 1 aliphatic rings. The zero-order valence-electron chi connectivity index (χ0n) is 20.0. The Balaban J connectivity index is 1.74. The van der Waals surface area contributed by atoms with Crippen LogP contribution in [0.3, 0.4) is 0 Å². The molecule has 0 N–H and O–H groups in total. The first kappa shape index (κ1) is 25.1. The van der Waals surface area contributed by atoms with Gasteiger partial charge in [0.25, 0.3) is 11.6 Å². The highest BCUT2D eigenvalue weighted by atomic mass is 35.5. The van der Waals surface area contributed by atoms with Crippen LogP contribution in [0.5, 0.6) is 23.0 Å². The second kappa shape index (κ2) is 10.7. The summed E-state index contributed by atoms with van der Waals surface area (Å²) in [4.78, 5) is 26.1. The molecule has 188 valence electrons. The number of carbonyl (C=O) groups is 1. The number of ether oxygens (including phenoxy) is 4. The van der Waals surface area contributed by atoms with Crippen molar-refractivity contribution in [3.8, 4) is 23.0 Å². The van der Waals surface area contributed by atoms with Gasteiger partial charge in [0, 0.05) is 18.2 Å². The highest BCUT2D eigenvalue weighted by Crippen LogP contribution is 2.40. The van der Waals surface area contributed by atoms with Gasteiger partial charge < -0.3 is 23.8 Å². The summed E-state index contributed by atoms with van der Waals surface area (Å²) < 4.78 is 22.5. The van der Waals surface area contributed by atoms with E-state index >= 15 is 0 Å². The number of amides is 1. The lowest BCUT2D eigenvalue weighted by Gasteiger charge is -2.37. The Kier molecular flexibility index (Phi) is 7.49. The van der Waals surface area contributed by atoms with E-state index in [4.69, 9.17) is 30.5 Å². The van der Waals surface area contributed by atoms with E-state index in [1.165, 1.54) is 18.2 Å². The van der Waals surface area contributed by atoms with Crippen LogP contribution in [0.4, 0.5) is 5.69 Å². The third-order valence-electron chi connectivity index (χ3n) is 6.12. The zero-order valence-corrected chi connectivity index (χ0v) is 20.8. The second-order valence-corrected chi connectivity index (χ2v) is 8.46. The van der Waals surface area contributed by atoms with Crippen LogP contribution in [0, 0.1) is 10.1 Å². The number of fused-ring (bicyclic) bond motifs is 1. The van der Waals surface area contributed by atoms with Gasteiger partial charge in [-0.3, -0.25) is 14.9 Å². The lowest BCUT2D eigenvalue weighted by atomic mass is 9.91. The van der Waals surface area contributed by atoms with Gasteiger partial charge in [0.1, 0.15) is 11.6 Å². The Morgan fingerprint density at radius 3 is 2.33 bits per heavy atom. The lowest BCUT2D eigenvalue weighted by molar-refractivity contribution is -0.384. The van der Waals surface area contributed by atoms with Crippen molar-refractivity contribution in [2.75, 3.05) is 34.5 Å². The van der Waals surface area contributed by atoms with Crippen LogP contribution in [0.25, 0.3) is 0 Å². The molecule has 1 aliphatic heterocycles. The maximum absolute atomic E-state index is 13.6. The first-order chi connectivity index (χ1) is 17.4. The topological polar surface area (TPSA) is 100 Å². The van der Waals surface area contributed by atoms with Crippen molar-refractivity contribution in [2.45, 2.75) is 12.5 Å². The fourth-order valence-corrected chi connectivity index (χ4v) is 4.50. The molecule has 0 radical (unpaired) electrons. The molecule has 1 atom stereocenters. The van der Waals surface area contributed by atoms with Crippen LogP contribution in [-0.4, -0.2) is 50.2 Å². The van der Waals surface area contributed by atoms with Crippen LogP contribution in [0.2, 0.25) is 5.02 Å². The number of nitro groups is 1. The molecular weight excluding hydrogens is 488 g/mol. The van der Waals surface area contributed by atoms with Crippen molar-refractivity contribution < 1.29 is 28.7 Å². The summed E-state index contributed by atoms with van der Waals surface area (Å²) in [5.74, 6) is 1.83. The van der Waals surface area contributed by atoms with Crippen LogP contribution < -0.4 is 18.9 Å². The molecular formula is C26H25ClN2O7. The number of hydrogen-bond donors (Lipinski definition) is 0. The Labute approximate surface area is 213 Å². The average Bonchev–Trinajstić information content (AvgIpc) is 2.90. The number of para-hydroxylation sites is 2. The molecule has 4 rings (SSSR count). The van der Waals surface area contributed by atoms with Gasteiger partial charge in [0.15, 0.2) is 23.0 Å². The smallest absolute Gasteiger partial charge is 0.288 e. The van der Waals surface area contributed by atoms with Gasteiger partial charge in [0.05, 0.1) is 32.3 Å². The van der Waals surface area contributed by atoms with E-state index in [0.717, 1.165) is 11.1 Å². The molecule has 3 aromatic rings. The predicted molar refractivity (Wildman–Crippen MR) is 134 cm³/mol. The van der Waals surface area contributed by atoms with E-state index in [1.807, 2.05) is 24.3 Å². The summed E-state index contributed by atoms with van der Waals surface area (Å²) in [7, 11) is 4.67. The maximum Gasteiger partial charge on any atom is 0.288 e. The van der Waals surface area contributed by atoms with Gasteiger partial charge in [-0.1, -0.05) is 23.7 Å². The van der Waals surface area contributed by atoms with Crippen molar-refractivity contribution >= 4 is 23.2 Å². The number of nitro benzene ring substituents is 1. The number of rotatable bonds is 8. The third-order valence-corrected chi connectivity index (χ3v) is 6.44. The first-order valence-corrected chi connectivity index (χ1v) is 11.5. The summed E-state index contributed by atoms with van der Waals surface area (Å²) >= 11 is 5.96. The second-order valence-electron chi connectivity index (χ2n) is 8.06. The Morgan fingerprint density at radius 1 is 1.00 bits per heavy atom. The largest absolute Gasteiger partial charge is 0.493 e. The van der Waals surface area contributed by atoms with Crippen LogP contribution in [0.15, 0.2) is 54.6 Å². The number of carbonyl (C=O) groups excluding carboxylic acids is 1. The SMILES string of the molecule is COc1cc2c(cc1OC)[C@@H](COc1ccccc1OC)N(C(=O)c1ccc(Cl)c([N+](=O)[O-])c1)CC2. The minimum absolute atomic E-state index is 0.0339. The van der Waals surface area contributed by atoms with Crippen molar-refractivity contribution in [1.82, 2.24) is 4.90 Å². The molecule has 1 amide bonds. The fraction of sp³-hybridized carbons (Fsp3) is 0.269. The minimum atomic E-state index is -0.607. The lowest BCUT2D eigenvalue weighted by Crippen LogP contribution is -2.42. The van der Waals surface area contributed by atoms with E-state index in [9.17, 15) is 14.9 Å². The molecule has 3 aromatic carbocycles. The van der Waals surface area contributed by atoms with Crippen molar-refractivity contribution in [2.24, 2.45) is 0 Å². The van der Waals surface area contributed by atoms with Gasteiger partial charge in [-0.2, -0.15) is 0 Å². The normalized spacial score (nSPS) is 14.6. The summed E-state index contributed by atoms with van der Waals surface area (Å²) in [5, 5.41) is 11.4. The Hall–Kier alpha value is -3.98. The summed E-state index contributed by atoms with van der Waals surface area (Å²) in [6.45, 7) is 0.488. The molecule has 0 aliphatic carbocycles. The highest BCUT2D eigenvalue weighted by molar-refractivity contribution is 6.32. The minimum Gasteiger partial charge on any atom is -0.493 e. The molecule has 10 heteroatoms. The number of nitrogens with zero attached hydrogens (tertiary/aromatic N) is 2. The van der Waals surface area contributed by atoms with Gasteiger partial charge >= 0.3 is 0 Å². The van der Waals surface area contributed by atoms with Crippen molar-refractivity contribution in [3.63, 3.8) is 0 Å². The summed E-state index contributed by atoms with van der Waals surface area (Å²) in [5.41, 5.74) is 1.67. The average molecular weight is 513 g/mol. The molecule has 0 unspecified atom stereocenters. The van der Waals surface area contributed by atoms with E-state index < -0.39 is 11.0 Å². The van der Waals surface area contributed by atoms with Crippen LogP contribution in [-0.2, 0) is 6.42 Å². The van der Waals surface area contributed by atoms with Crippen LogP contribution in [0.1, 0.15) is 27.5 Å². The Bertz CT molecular complexity index is 1300. The number of methoxy groups -OCH3 is 3. The molecule has 0 aromatic heterocycles. The maximum atomic E-state index is 13.6. The molecule has 0 saturated carbocycles. The predicted octanol–water partition coefficient (Wildman–Crippen LogP) is 5.09. The molecule has 0 spiro atoms. The third kappa shape index (κ3) is 4.87. The molecule has 1 heterocycles. The fourth-order valence-electron chi connectivity index (χ4n) is 4.31. The molecule has 36 heavy (non-hydrogen) atoms. The van der Waals surface area contributed by atoms with Crippen molar-refractivity contribution in [1.29, 1.82) is 0 Å². The van der Waals surface area contributed by atoms with Gasteiger partial charge in [-0.25, -0.2) is 0 Å². The molecule has 0 fully saturated rings. The first-order valence-electron chi connectivity index (χ1n) is 11.1. The molecule has 9 nitrogen and oxygen atoms in total. The van der Waals surface area contributed by atoms with E-state index in [0.29, 0.717) is 36.0 Å². The number of benzene rings is 3. The standard InChI is InChI=1S/C26H25ClN2O7/c1-33-22-6-4-5-7-23(22)36-15-21-18-14-25(35-3)24(34-2)13-16(18)10-11-28(21)26(30)17-8-9-19(27)20(12-17)29(31)32/h4-9,12-14,21H,10-11,15H2,1-3H3/t21-/m1/s1. The summed E-state index contributed by atoms with van der Waals surface area (Å²) in [6, 6.07) is 14.5. The number of halogens is 1. The van der Waals surface area contributed by atoms with Gasteiger partial charge in [0.2, 0.25) is 0 Å². The molecule has 0 saturated heterocycles. The van der Waals surface area contributed by atoms with E-state index in [-0.39, 0.29) is 28.8 Å². The number of hydrogen-bond acceptors (Lipinski definition) is 7. The summed E-state index contributed by atoms with van der Waals surface area (Å²) in [6.07, 6.45) is 0.558. The Morgan fingerprint density at radius 2 is 1.67 bits per heavy atom. The molecule has 0 bridgehead atoms. The van der Waals surface area contributed by atoms with Crippen molar-refractivity contribution in [3.05, 3.63) is 86.4 Å². The monoisotopic (exact) mass is 512 g/mol. The highest BCUT2D eigenvalue weighted by Gasteiger charge is 2.34. The van der Waals surface area contributed by atoms with Gasteiger partial charge in [-0.15, -0.1) is 0 Å². The quantitative estimate of drug-likeness (QED) is 0.306. The van der Waals surface area contributed by atoms with E-state index in [2.05, 4.69) is 0 Å². The van der Waals surface area contributed by atoms with Gasteiger partial charge in [-0.05, 0) is 53.9 Å².